The van der Waals surface area contributed by atoms with E-state index in [0.29, 0.717) is 47.4 Å². The van der Waals surface area contributed by atoms with E-state index in [4.69, 9.17) is 14.2 Å². The molecule has 2 aromatic rings. The summed E-state index contributed by atoms with van der Waals surface area (Å²) >= 11 is 0. The molecule has 7 nitrogen and oxygen atoms in total. The number of benzene rings is 2. The maximum absolute atomic E-state index is 12.7. The molecular formula is C22H28N2O5. The SMILES string of the molecule is CCOc1cc(OCC)cc(C(=O)Nc2ccc(NC(=O)C(C)C)c(OC)c2)c1. The molecule has 2 aromatic carbocycles. The van der Waals surface area contributed by atoms with Gasteiger partial charge in [-0.1, -0.05) is 13.8 Å². The van der Waals surface area contributed by atoms with Gasteiger partial charge in [0.2, 0.25) is 5.91 Å². The second kappa shape index (κ2) is 10.4. The van der Waals surface area contributed by atoms with Crippen LogP contribution >= 0.6 is 0 Å². The third-order valence-electron chi connectivity index (χ3n) is 4.01. The molecule has 0 aliphatic heterocycles. The highest BCUT2D eigenvalue weighted by Gasteiger charge is 2.14. The second-order valence-electron chi connectivity index (χ2n) is 6.57. The largest absolute Gasteiger partial charge is 0.494 e. The summed E-state index contributed by atoms with van der Waals surface area (Å²) < 4.78 is 16.4. The number of carbonyl (C=O) groups excluding carboxylic acids is 2. The lowest BCUT2D eigenvalue weighted by molar-refractivity contribution is -0.118. The van der Waals surface area contributed by atoms with Crippen LogP contribution in [0.1, 0.15) is 38.1 Å². The summed E-state index contributed by atoms with van der Waals surface area (Å²) in [6.07, 6.45) is 0. The van der Waals surface area contributed by atoms with Crippen LogP contribution in [0, 0.1) is 5.92 Å². The number of carbonyl (C=O) groups is 2. The fraction of sp³-hybridized carbons (Fsp3) is 0.364. The van der Waals surface area contributed by atoms with Gasteiger partial charge in [-0.2, -0.15) is 0 Å². The number of nitrogens with one attached hydrogen (secondary N) is 2. The number of amides is 2. The number of hydrogen-bond donors (Lipinski definition) is 2. The summed E-state index contributed by atoms with van der Waals surface area (Å²) in [6, 6.07) is 10.1. The summed E-state index contributed by atoms with van der Waals surface area (Å²) in [5.41, 5.74) is 1.49. The van der Waals surface area contributed by atoms with Crippen LogP contribution in [0.4, 0.5) is 11.4 Å². The highest BCUT2D eigenvalue weighted by atomic mass is 16.5. The molecule has 2 rings (SSSR count). The first-order valence-corrected chi connectivity index (χ1v) is 9.58. The van der Waals surface area contributed by atoms with Crippen molar-refractivity contribution in [2.75, 3.05) is 31.0 Å². The third kappa shape index (κ3) is 6.14. The van der Waals surface area contributed by atoms with E-state index in [-0.39, 0.29) is 17.7 Å². The Kier molecular flexibility index (Phi) is 7.88. The van der Waals surface area contributed by atoms with Gasteiger partial charge in [-0.25, -0.2) is 0 Å². The minimum Gasteiger partial charge on any atom is -0.494 e. The Hall–Kier alpha value is -3.22. The second-order valence-corrected chi connectivity index (χ2v) is 6.57. The first-order valence-electron chi connectivity index (χ1n) is 9.58. The number of anilines is 2. The molecule has 29 heavy (non-hydrogen) atoms. The minimum atomic E-state index is -0.312. The van der Waals surface area contributed by atoms with Gasteiger partial charge in [0.05, 0.1) is 26.0 Å². The molecule has 0 fully saturated rings. The third-order valence-corrected chi connectivity index (χ3v) is 4.01. The van der Waals surface area contributed by atoms with Gasteiger partial charge in [0.1, 0.15) is 17.2 Å². The molecule has 0 bridgehead atoms. The lowest BCUT2D eigenvalue weighted by atomic mass is 10.1. The summed E-state index contributed by atoms with van der Waals surface area (Å²) in [6.45, 7) is 8.33. The highest BCUT2D eigenvalue weighted by molar-refractivity contribution is 6.05. The van der Waals surface area contributed by atoms with E-state index in [0.717, 1.165) is 0 Å². The Morgan fingerprint density at radius 3 is 2.07 bits per heavy atom. The number of ether oxygens (including phenoxy) is 3. The van der Waals surface area contributed by atoms with Gasteiger partial charge in [-0.15, -0.1) is 0 Å². The molecule has 2 N–H and O–H groups in total. The highest BCUT2D eigenvalue weighted by Crippen LogP contribution is 2.29. The topological polar surface area (TPSA) is 85.9 Å². The van der Waals surface area contributed by atoms with Gasteiger partial charge in [0, 0.05) is 29.3 Å². The number of rotatable bonds is 9. The van der Waals surface area contributed by atoms with Gasteiger partial charge in [0.15, 0.2) is 0 Å². The lowest BCUT2D eigenvalue weighted by Crippen LogP contribution is -2.18. The molecule has 0 atom stereocenters. The first-order chi connectivity index (χ1) is 13.9. The van der Waals surface area contributed by atoms with E-state index in [1.807, 2.05) is 27.7 Å². The van der Waals surface area contributed by atoms with E-state index in [2.05, 4.69) is 10.6 Å². The summed E-state index contributed by atoms with van der Waals surface area (Å²) in [5.74, 6) is 0.997. The molecule has 0 saturated carbocycles. The average molecular weight is 400 g/mol. The molecular weight excluding hydrogens is 372 g/mol. The summed E-state index contributed by atoms with van der Waals surface area (Å²) in [7, 11) is 1.51. The van der Waals surface area contributed by atoms with Crippen molar-refractivity contribution in [2.45, 2.75) is 27.7 Å². The Bertz CT molecular complexity index is 840. The number of methoxy groups -OCH3 is 1. The van der Waals surface area contributed by atoms with Crippen molar-refractivity contribution in [1.29, 1.82) is 0 Å². The molecule has 2 amide bonds. The van der Waals surface area contributed by atoms with Crippen molar-refractivity contribution in [2.24, 2.45) is 5.92 Å². The zero-order valence-electron chi connectivity index (χ0n) is 17.5. The van der Waals surface area contributed by atoms with Crippen LogP contribution in [0.5, 0.6) is 17.2 Å². The molecule has 0 radical (unpaired) electrons. The molecule has 156 valence electrons. The maximum Gasteiger partial charge on any atom is 0.255 e. The van der Waals surface area contributed by atoms with E-state index in [1.54, 1.807) is 36.4 Å². The predicted molar refractivity (Wildman–Crippen MR) is 113 cm³/mol. The van der Waals surface area contributed by atoms with Crippen molar-refractivity contribution < 1.29 is 23.8 Å². The molecule has 0 aromatic heterocycles. The fourth-order valence-corrected chi connectivity index (χ4v) is 2.56. The zero-order chi connectivity index (χ0) is 21.4. The van der Waals surface area contributed by atoms with Crippen LogP contribution in [0.25, 0.3) is 0 Å². The predicted octanol–water partition coefficient (Wildman–Crippen LogP) is 4.34. The summed E-state index contributed by atoms with van der Waals surface area (Å²) in [4.78, 5) is 24.7. The van der Waals surface area contributed by atoms with E-state index < -0.39 is 0 Å². The maximum atomic E-state index is 12.7. The van der Waals surface area contributed by atoms with Gasteiger partial charge < -0.3 is 24.8 Å². The van der Waals surface area contributed by atoms with Crippen molar-refractivity contribution in [3.05, 3.63) is 42.0 Å². The monoisotopic (exact) mass is 400 g/mol. The summed E-state index contributed by atoms with van der Waals surface area (Å²) in [5, 5.41) is 5.64. The van der Waals surface area contributed by atoms with Gasteiger partial charge in [-0.05, 0) is 38.1 Å². The standard InChI is InChI=1S/C22H28N2O5/c1-6-28-17-10-15(11-18(13-17)29-7-2)22(26)23-16-8-9-19(20(12-16)27-5)24-21(25)14(3)4/h8-14H,6-7H2,1-5H3,(H,23,26)(H,24,25). The molecule has 0 unspecified atom stereocenters. The van der Waals surface area contributed by atoms with E-state index in [9.17, 15) is 9.59 Å². The molecule has 0 aliphatic rings. The molecule has 0 spiro atoms. The van der Waals surface area contributed by atoms with Crippen molar-refractivity contribution >= 4 is 23.2 Å². The van der Waals surface area contributed by atoms with Crippen LogP contribution in [-0.4, -0.2) is 32.1 Å². The zero-order valence-corrected chi connectivity index (χ0v) is 17.5. The Balaban J connectivity index is 2.22. The Morgan fingerprint density at radius 2 is 1.55 bits per heavy atom. The molecule has 0 aliphatic carbocycles. The van der Waals surface area contributed by atoms with Gasteiger partial charge >= 0.3 is 0 Å². The van der Waals surface area contributed by atoms with Crippen LogP contribution in [0.15, 0.2) is 36.4 Å². The van der Waals surface area contributed by atoms with Gasteiger partial charge in [-0.3, -0.25) is 9.59 Å². The average Bonchev–Trinajstić information content (AvgIpc) is 2.69. The van der Waals surface area contributed by atoms with E-state index in [1.165, 1.54) is 7.11 Å². The normalized spacial score (nSPS) is 10.4. The minimum absolute atomic E-state index is 0.115. The smallest absolute Gasteiger partial charge is 0.255 e. The van der Waals surface area contributed by atoms with Crippen LogP contribution < -0.4 is 24.8 Å². The Morgan fingerprint density at radius 1 is 0.931 bits per heavy atom. The van der Waals surface area contributed by atoms with Crippen molar-refractivity contribution in [3.63, 3.8) is 0 Å². The van der Waals surface area contributed by atoms with Gasteiger partial charge in [0.25, 0.3) is 5.91 Å². The lowest BCUT2D eigenvalue weighted by Gasteiger charge is -2.14. The van der Waals surface area contributed by atoms with Crippen molar-refractivity contribution in [1.82, 2.24) is 0 Å². The van der Waals surface area contributed by atoms with Crippen LogP contribution in [-0.2, 0) is 4.79 Å². The molecule has 0 heterocycles. The van der Waals surface area contributed by atoms with Crippen LogP contribution in [0.3, 0.4) is 0 Å². The Labute approximate surface area is 171 Å². The number of hydrogen-bond acceptors (Lipinski definition) is 5. The van der Waals surface area contributed by atoms with E-state index >= 15 is 0 Å². The quantitative estimate of drug-likeness (QED) is 0.654. The fourth-order valence-electron chi connectivity index (χ4n) is 2.56. The molecule has 0 saturated heterocycles. The van der Waals surface area contributed by atoms with Crippen LogP contribution in [0.2, 0.25) is 0 Å². The van der Waals surface area contributed by atoms with Crippen molar-refractivity contribution in [3.8, 4) is 17.2 Å². The first kappa shape index (κ1) is 22.1. The molecule has 7 heteroatoms.